The van der Waals surface area contributed by atoms with Crippen LogP contribution in [0.3, 0.4) is 0 Å². The summed E-state index contributed by atoms with van der Waals surface area (Å²) >= 11 is 0. The number of hydrogen-bond donors (Lipinski definition) is 2. The van der Waals surface area contributed by atoms with Gasteiger partial charge in [0.05, 0.1) is 5.56 Å². The van der Waals surface area contributed by atoms with Crippen molar-refractivity contribution < 1.29 is 38.5 Å². The Bertz CT molecular complexity index is 1660. The van der Waals surface area contributed by atoms with Gasteiger partial charge in [0.15, 0.2) is 17.0 Å². The van der Waals surface area contributed by atoms with Gasteiger partial charge in [-0.1, -0.05) is 32.0 Å². The van der Waals surface area contributed by atoms with E-state index in [1.807, 2.05) is 19.9 Å². The van der Waals surface area contributed by atoms with E-state index in [0.29, 0.717) is 51.8 Å². The van der Waals surface area contributed by atoms with E-state index in [4.69, 9.17) is 4.42 Å². The molecule has 2 aliphatic carbocycles. The van der Waals surface area contributed by atoms with E-state index in [1.165, 1.54) is 19.1 Å². The first kappa shape index (κ1) is 28.2. The first-order chi connectivity index (χ1) is 19.0. The highest BCUT2D eigenvalue weighted by molar-refractivity contribution is 6.12. The molecule has 1 heterocycles. The summed E-state index contributed by atoms with van der Waals surface area (Å²) in [5.41, 5.74) is 3.70. The van der Waals surface area contributed by atoms with Crippen LogP contribution in [-0.4, -0.2) is 39.8 Å². The largest absolute Gasteiger partial charge is 0.508 e. The zero-order valence-electron chi connectivity index (χ0n) is 22.3. The van der Waals surface area contributed by atoms with E-state index in [-0.39, 0.29) is 41.1 Å². The first-order valence-corrected chi connectivity index (χ1v) is 12.9. The lowest BCUT2D eigenvalue weighted by atomic mass is 9.89. The number of phenols is 1. The summed E-state index contributed by atoms with van der Waals surface area (Å²) in [6.45, 7) is 5.01. The minimum absolute atomic E-state index is 0.105. The average Bonchev–Trinajstić information content (AvgIpc) is 3.23. The Morgan fingerprint density at radius 3 is 2.17 bits per heavy atom. The van der Waals surface area contributed by atoms with Crippen molar-refractivity contribution in [3.05, 3.63) is 75.4 Å². The molecular weight excluding hydrogens is 516 g/mol. The van der Waals surface area contributed by atoms with Gasteiger partial charge in [0.1, 0.15) is 17.1 Å². The van der Waals surface area contributed by atoms with Crippen LogP contribution in [-0.2, 0) is 32.0 Å². The Morgan fingerprint density at radius 2 is 1.57 bits per heavy atom. The monoisotopic (exact) mass is 544 g/mol. The van der Waals surface area contributed by atoms with Crippen LogP contribution in [0, 0.1) is 0 Å². The van der Waals surface area contributed by atoms with E-state index in [2.05, 4.69) is 4.74 Å². The smallest absolute Gasteiger partial charge is 0.336 e. The Hall–Kier alpha value is -4.79. The summed E-state index contributed by atoms with van der Waals surface area (Å²) in [6, 6.07) is 13.4. The van der Waals surface area contributed by atoms with Gasteiger partial charge >= 0.3 is 11.9 Å². The van der Waals surface area contributed by atoms with Crippen molar-refractivity contribution in [1.82, 2.24) is 0 Å². The number of carbonyl (C=O) groups excluding carboxylic acids is 3. The molecule has 0 aromatic heterocycles. The summed E-state index contributed by atoms with van der Waals surface area (Å²) in [5, 5.41) is 20.7. The number of carbonyl (C=O) groups is 4. The minimum Gasteiger partial charge on any atom is -0.508 e. The molecule has 2 N–H and O–H groups in total. The van der Waals surface area contributed by atoms with Gasteiger partial charge in [0.2, 0.25) is 6.10 Å². The Kier molecular flexibility index (Phi) is 8.13. The topological polar surface area (TPSA) is 148 Å². The predicted molar refractivity (Wildman–Crippen MR) is 147 cm³/mol. The van der Waals surface area contributed by atoms with Crippen LogP contribution in [0.15, 0.2) is 57.7 Å². The lowest BCUT2D eigenvalue weighted by Gasteiger charge is -2.18. The molecule has 1 saturated carbocycles. The van der Waals surface area contributed by atoms with Gasteiger partial charge in [-0.3, -0.25) is 19.2 Å². The van der Waals surface area contributed by atoms with Crippen LogP contribution >= 0.6 is 0 Å². The molecule has 9 nitrogen and oxygen atoms in total. The molecule has 0 saturated heterocycles. The Balaban J connectivity index is 0.000000283. The van der Waals surface area contributed by atoms with E-state index in [9.17, 15) is 34.2 Å². The highest BCUT2D eigenvalue weighted by atomic mass is 16.5. The maximum absolute atomic E-state index is 12.4. The number of carboxylic acids is 1. The molecular formula is C31H28O9. The van der Waals surface area contributed by atoms with Crippen molar-refractivity contribution in [3.63, 3.8) is 0 Å². The molecule has 0 spiro atoms. The third-order valence-electron chi connectivity index (χ3n) is 6.78. The Labute approximate surface area is 229 Å². The molecule has 0 radical (unpaired) electrons. The molecule has 1 aliphatic heterocycles. The van der Waals surface area contributed by atoms with Crippen molar-refractivity contribution in [2.24, 2.45) is 0 Å². The SMILES string of the molecule is CC(=O)OC1C(=O)CCC1=O.CCc1cc2c(-c3ccccc3C(=O)O)c3cc(CC)c(=O)cc-3oc2cc1O. The number of ketones is 2. The zero-order valence-corrected chi connectivity index (χ0v) is 22.3. The maximum Gasteiger partial charge on any atom is 0.336 e. The normalized spacial score (nSPS) is 13.4. The van der Waals surface area contributed by atoms with E-state index in [1.54, 1.807) is 30.3 Å². The van der Waals surface area contributed by atoms with Crippen LogP contribution in [0.1, 0.15) is 55.1 Å². The van der Waals surface area contributed by atoms with Crippen LogP contribution in [0.25, 0.3) is 33.4 Å². The molecule has 2 aromatic rings. The third-order valence-corrected chi connectivity index (χ3v) is 6.78. The number of aromatic carboxylic acids is 1. The fraction of sp³-hybridized carbons (Fsp3) is 0.258. The van der Waals surface area contributed by atoms with Gasteiger partial charge in [-0.2, -0.15) is 0 Å². The Morgan fingerprint density at radius 1 is 0.925 bits per heavy atom. The second-order valence-electron chi connectivity index (χ2n) is 9.39. The second kappa shape index (κ2) is 11.5. The van der Waals surface area contributed by atoms with Crippen molar-refractivity contribution in [3.8, 4) is 28.2 Å². The number of phenolic OH excluding ortho intramolecular Hbond substituents is 1. The number of Topliss-reactive ketones (excluding diaryl/α,β-unsaturated/α-hetero) is 2. The average molecular weight is 545 g/mol. The van der Waals surface area contributed by atoms with E-state index < -0.39 is 18.0 Å². The highest BCUT2D eigenvalue weighted by Gasteiger charge is 2.35. The molecule has 0 bridgehead atoms. The fourth-order valence-electron chi connectivity index (χ4n) is 4.77. The molecule has 0 unspecified atom stereocenters. The number of hydrogen-bond acceptors (Lipinski definition) is 8. The molecule has 1 fully saturated rings. The first-order valence-electron chi connectivity index (χ1n) is 12.9. The molecule has 5 rings (SSSR count). The quantitative estimate of drug-likeness (QED) is 0.202. The van der Waals surface area contributed by atoms with Crippen LogP contribution in [0.4, 0.5) is 0 Å². The lowest BCUT2D eigenvalue weighted by Crippen LogP contribution is -2.27. The van der Waals surface area contributed by atoms with Gasteiger partial charge in [0, 0.05) is 54.0 Å². The number of carboxylic acid groups (broad SMARTS) is 1. The van der Waals surface area contributed by atoms with Crippen molar-refractivity contribution >= 4 is 34.5 Å². The van der Waals surface area contributed by atoms with Gasteiger partial charge in [0.25, 0.3) is 0 Å². The molecule has 0 atom stereocenters. The number of fused-ring (bicyclic) bond motifs is 2. The summed E-state index contributed by atoms with van der Waals surface area (Å²) in [7, 11) is 0. The lowest BCUT2D eigenvalue weighted by molar-refractivity contribution is -0.155. The summed E-state index contributed by atoms with van der Waals surface area (Å²) in [6.07, 6.45) is 0.475. The number of ether oxygens (including phenoxy) is 1. The molecule has 2 aromatic carbocycles. The fourth-order valence-corrected chi connectivity index (χ4v) is 4.77. The van der Waals surface area contributed by atoms with Gasteiger partial charge < -0.3 is 19.4 Å². The summed E-state index contributed by atoms with van der Waals surface area (Å²) < 4.78 is 10.5. The summed E-state index contributed by atoms with van der Waals surface area (Å²) in [5.74, 6) is -1.73. The number of aromatic hydroxyl groups is 1. The number of rotatable bonds is 5. The van der Waals surface area contributed by atoms with Gasteiger partial charge in [-0.15, -0.1) is 0 Å². The van der Waals surface area contributed by atoms with Crippen molar-refractivity contribution in [2.45, 2.75) is 52.6 Å². The number of aryl methyl sites for hydroxylation is 2. The molecule has 9 heteroatoms. The number of esters is 1. The molecule has 40 heavy (non-hydrogen) atoms. The standard InChI is InChI=1S/C24H20O5.C7H8O4/c1-3-13-9-17-21(11-19(13)25)29-22-12-20(26)14(4-2)10-18(22)23(17)15-7-5-6-8-16(15)24(27)28;1-4(8)11-7-5(9)2-3-6(7)10/h5-12,25H,3-4H2,1-2H3,(H,27,28);7H,2-3H2,1H3. The third kappa shape index (κ3) is 5.49. The maximum atomic E-state index is 12.4. The molecule has 0 amide bonds. The van der Waals surface area contributed by atoms with Crippen LogP contribution < -0.4 is 5.43 Å². The van der Waals surface area contributed by atoms with Gasteiger partial charge in [-0.05, 0) is 42.2 Å². The summed E-state index contributed by atoms with van der Waals surface area (Å²) in [4.78, 5) is 56.3. The zero-order chi connectivity index (χ0) is 29.1. The predicted octanol–water partition coefficient (Wildman–Crippen LogP) is 4.94. The van der Waals surface area contributed by atoms with Crippen LogP contribution in [0.2, 0.25) is 0 Å². The van der Waals surface area contributed by atoms with Crippen molar-refractivity contribution in [2.75, 3.05) is 0 Å². The van der Waals surface area contributed by atoms with E-state index >= 15 is 0 Å². The van der Waals surface area contributed by atoms with Crippen LogP contribution in [0.5, 0.6) is 5.75 Å². The van der Waals surface area contributed by atoms with Crippen molar-refractivity contribution in [1.29, 1.82) is 0 Å². The second-order valence-corrected chi connectivity index (χ2v) is 9.39. The minimum atomic E-state index is -1.10. The highest BCUT2D eigenvalue weighted by Crippen LogP contribution is 2.43. The van der Waals surface area contributed by atoms with Gasteiger partial charge in [-0.25, -0.2) is 4.79 Å². The molecule has 3 aliphatic rings. The van der Waals surface area contributed by atoms with E-state index in [0.717, 1.165) is 5.56 Å². The molecule has 206 valence electrons. The number of benzene rings is 3.